The van der Waals surface area contributed by atoms with Gasteiger partial charge in [0.05, 0.1) is 16.7 Å². The Hall–Kier alpha value is -10.2. The molecule has 522 valence electrons. The van der Waals surface area contributed by atoms with Gasteiger partial charge in [0.1, 0.15) is 40.6 Å². The molecular formula is C84H102O14. The second-order valence-electron chi connectivity index (χ2n) is 22.5. The first-order chi connectivity index (χ1) is 47.2. The van der Waals surface area contributed by atoms with Gasteiger partial charge in [-0.25, -0.2) is 19.2 Å². The number of benzene rings is 9. The van der Waals surface area contributed by atoms with Crippen LogP contribution >= 0.6 is 0 Å². The number of aryl methyl sites for hydroxylation is 2. The number of aromatic hydroxyl groups is 5. The van der Waals surface area contributed by atoms with Crippen molar-refractivity contribution in [2.24, 2.45) is 0 Å². The summed E-state index contributed by atoms with van der Waals surface area (Å²) in [4.78, 5) is 59.3. The van der Waals surface area contributed by atoms with Crippen molar-refractivity contribution in [3.8, 4) is 28.7 Å². The van der Waals surface area contributed by atoms with Gasteiger partial charge in [-0.2, -0.15) is 0 Å². The summed E-state index contributed by atoms with van der Waals surface area (Å²) in [7, 11) is 0. The van der Waals surface area contributed by atoms with Gasteiger partial charge in [0, 0.05) is 44.3 Å². The van der Waals surface area contributed by atoms with Crippen LogP contribution in [0.1, 0.15) is 227 Å². The van der Waals surface area contributed by atoms with Gasteiger partial charge in [0.25, 0.3) is 0 Å². The number of fused-ring (bicyclic) bond motifs is 3. The zero-order chi connectivity index (χ0) is 73.0. The number of rotatable bonds is 10. The van der Waals surface area contributed by atoms with Crippen molar-refractivity contribution in [2.75, 3.05) is 6.61 Å². The number of hydrogen-bond donors (Lipinski definition) is 5. The SMILES string of the molecule is CC.CC.CC.CCC.CCC.CCC.CCC1(OC(=O)COC(=O)c2ccc(C=O)cc2)CCCC1.Cc1cc(C2(c3ccc(O)c(C)c3)OC(=O)c3ccccc32)ccc1O.O=C1OC(c2ccc(O)cc2)(c2ccc(O)cc2)c2ccccc21.Oc1cccc2ccccc12. The van der Waals surface area contributed by atoms with Crippen molar-refractivity contribution < 1.29 is 68.5 Å². The second-order valence-corrected chi connectivity index (χ2v) is 22.5. The third-order valence-electron chi connectivity index (χ3n) is 15.2. The molecule has 5 N–H and O–H groups in total. The Labute approximate surface area is 580 Å². The fourth-order valence-electron chi connectivity index (χ4n) is 10.7. The maximum atomic E-state index is 12.6. The molecule has 3 aliphatic rings. The lowest BCUT2D eigenvalue weighted by Crippen LogP contribution is -2.33. The van der Waals surface area contributed by atoms with Gasteiger partial charge >= 0.3 is 23.9 Å². The topological polar surface area (TPSA) is 223 Å². The zero-order valence-electron chi connectivity index (χ0n) is 59.9. The van der Waals surface area contributed by atoms with E-state index in [0.717, 1.165) is 76.3 Å². The minimum atomic E-state index is -1.12. The minimum absolute atomic E-state index is 0.136. The number of phenols is 5. The molecule has 1 saturated carbocycles. The van der Waals surface area contributed by atoms with E-state index in [9.17, 15) is 49.5 Å². The number of aldehydes is 1. The van der Waals surface area contributed by atoms with E-state index >= 15 is 0 Å². The van der Waals surface area contributed by atoms with Crippen molar-refractivity contribution in [3.05, 3.63) is 267 Å². The lowest BCUT2D eigenvalue weighted by atomic mass is 9.79. The predicted octanol–water partition coefficient (Wildman–Crippen LogP) is 20.5. The molecule has 0 aromatic heterocycles. The standard InChI is InChI=1S/C22H18O4.C20H14O4.C17H20O5.C10H8O.3C3H8.3C2H6/c1-13-11-15(7-9-19(13)23)22(16-8-10-20(24)14(2)12-16)18-6-4-3-5-17(18)21(25)26-22;21-15-9-5-13(6-10-15)20(14-7-11-16(22)12-8-14)18-4-2-1-3-17(18)19(23)24-20;1-2-17(9-3-4-10-17)22-15(19)12-21-16(20)14-7-5-13(11-18)6-8-14;11-10-7-3-5-8-4-1-2-6-9(8)10;3*1-3-2;3*1-2/h3-12,23-24H,1-2H3;1-12,21-22H;5-8,11H,2-4,9-10,12H2,1H3;1-7,11H;3*3H2,1-2H3;3*1-2H3. The van der Waals surface area contributed by atoms with E-state index in [1.807, 2.05) is 121 Å². The quantitative estimate of drug-likeness (QED) is 0.0488. The number of cyclic esters (lactones) is 2. The van der Waals surface area contributed by atoms with Gasteiger partial charge in [0.15, 0.2) is 17.8 Å². The largest absolute Gasteiger partial charge is 0.508 e. The molecule has 9 aromatic rings. The van der Waals surface area contributed by atoms with Crippen LogP contribution in [0.25, 0.3) is 10.8 Å². The van der Waals surface area contributed by atoms with Crippen LogP contribution in [0, 0.1) is 13.8 Å². The van der Waals surface area contributed by atoms with Crippen LogP contribution < -0.4 is 0 Å². The van der Waals surface area contributed by atoms with Crippen LogP contribution in [-0.4, -0.2) is 67.9 Å². The van der Waals surface area contributed by atoms with Crippen LogP contribution in [0.4, 0.5) is 0 Å². The Bertz CT molecular complexity index is 3790. The second kappa shape index (κ2) is 41.7. The highest BCUT2D eigenvalue weighted by Gasteiger charge is 2.50. The molecule has 0 amide bonds. The lowest BCUT2D eigenvalue weighted by Gasteiger charge is -2.31. The van der Waals surface area contributed by atoms with E-state index in [4.69, 9.17) is 18.9 Å². The molecule has 12 rings (SSSR count). The normalized spacial score (nSPS) is 13.1. The summed E-state index contributed by atoms with van der Waals surface area (Å²) in [5, 5.41) is 50.4. The van der Waals surface area contributed by atoms with Crippen molar-refractivity contribution in [1.29, 1.82) is 0 Å². The van der Waals surface area contributed by atoms with Crippen LogP contribution in [0.2, 0.25) is 0 Å². The average Bonchev–Trinajstić information content (AvgIpc) is 1.56. The van der Waals surface area contributed by atoms with Crippen LogP contribution in [0.3, 0.4) is 0 Å². The molecule has 98 heavy (non-hydrogen) atoms. The number of esters is 4. The van der Waals surface area contributed by atoms with Gasteiger partial charge < -0.3 is 44.5 Å². The van der Waals surface area contributed by atoms with E-state index in [-0.39, 0.29) is 28.6 Å². The number of carbonyl (C=O) groups is 5. The van der Waals surface area contributed by atoms with Crippen molar-refractivity contribution >= 4 is 40.9 Å². The molecule has 1 fully saturated rings. The summed E-state index contributed by atoms with van der Waals surface area (Å²) in [6.45, 7) is 30.0. The molecule has 9 aromatic carbocycles. The number of carbonyl (C=O) groups excluding carboxylic acids is 5. The molecule has 14 nitrogen and oxygen atoms in total. The number of phenolic OH excluding ortho intramolecular Hbond substituents is 5. The molecule has 14 heteroatoms. The molecule has 0 radical (unpaired) electrons. The maximum absolute atomic E-state index is 12.6. The van der Waals surface area contributed by atoms with Gasteiger partial charge in [-0.15, -0.1) is 0 Å². The highest BCUT2D eigenvalue weighted by molar-refractivity contribution is 5.97. The molecule has 0 saturated heterocycles. The summed E-state index contributed by atoms with van der Waals surface area (Å²) in [5.41, 5.74) is 5.02. The summed E-state index contributed by atoms with van der Waals surface area (Å²) < 4.78 is 22.3. The summed E-state index contributed by atoms with van der Waals surface area (Å²) in [6, 6.07) is 57.4. The van der Waals surface area contributed by atoms with Crippen molar-refractivity contribution in [2.45, 2.75) is 172 Å². The summed E-state index contributed by atoms with van der Waals surface area (Å²) in [6.07, 6.45) is 9.08. The van der Waals surface area contributed by atoms with Crippen LogP contribution in [0.5, 0.6) is 28.7 Å². The summed E-state index contributed by atoms with van der Waals surface area (Å²) >= 11 is 0. The van der Waals surface area contributed by atoms with Crippen molar-refractivity contribution in [1.82, 2.24) is 0 Å². The highest BCUT2D eigenvalue weighted by Crippen LogP contribution is 2.49. The molecule has 1 aliphatic carbocycles. The first kappa shape index (κ1) is 82.0. The average molecular weight is 1340 g/mol. The smallest absolute Gasteiger partial charge is 0.344 e. The Kier molecular flexibility index (Phi) is 34.9. The fraction of sp³-hybridized carbons (Fsp3) is 0.321. The molecule has 0 unspecified atom stereocenters. The first-order valence-corrected chi connectivity index (χ1v) is 34.2. The van der Waals surface area contributed by atoms with E-state index in [0.29, 0.717) is 45.4 Å². The zero-order valence-corrected chi connectivity index (χ0v) is 59.9. The Morgan fingerprint density at radius 1 is 0.469 bits per heavy atom. The predicted molar refractivity (Wildman–Crippen MR) is 393 cm³/mol. The molecule has 2 heterocycles. The van der Waals surface area contributed by atoms with E-state index in [1.165, 1.54) is 43.5 Å². The van der Waals surface area contributed by atoms with Gasteiger partial charge in [-0.1, -0.05) is 231 Å². The maximum Gasteiger partial charge on any atom is 0.344 e. The van der Waals surface area contributed by atoms with Crippen molar-refractivity contribution in [3.63, 3.8) is 0 Å². The lowest BCUT2D eigenvalue weighted by molar-refractivity contribution is -0.163. The Morgan fingerprint density at radius 2 is 0.857 bits per heavy atom. The fourth-order valence-corrected chi connectivity index (χ4v) is 10.7. The van der Waals surface area contributed by atoms with E-state index < -0.39 is 41.7 Å². The van der Waals surface area contributed by atoms with E-state index in [1.54, 1.807) is 117 Å². The number of ether oxygens (including phenoxy) is 4. The third kappa shape index (κ3) is 21.1. The summed E-state index contributed by atoms with van der Waals surface area (Å²) in [5.74, 6) is -0.916. The Balaban J connectivity index is 0.000000326. The Morgan fingerprint density at radius 3 is 1.27 bits per heavy atom. The first-order valence-electron chi connectivity index (χ1n) is 34.2. The van der Waals surface area contributed by atoms with Crippen LogP contribution in [-0.2, 0) is 34.9 Å². The highest BCUT2D eigenvalue weighted by atomic mass is 16.6. The minimum Gasteiger partial charge on any atom is -0.508 e. The van der Waals surface area contributed by atoms with Crippen LogP contribution in [0.15, 0.2) is 200 Å². The van der Waals surface area contributed by atoms with Gasteiger partial charge in [-0.3, -0.25) is 4.79 Å². The van der Waals surface area contributed by atoms with E-state index in [2.05, 4.69) is 41.5 Å². The van der Waals surface area contributed by atoms with Gasteiger partial charge in [0.2, 0.25) is 0 Å². The molecular weight excluding hydrogens is 1230 g/mol. The van der Waals surface area contributed by atoms with Gasteiger partial charge in [-0.05, 0) is 141 Å². The molecule has 2 aliphatic heterocycles. The monoisotopic (exact) mass is 1330 g/mol. The molecule has 0 atom stereocenters. The molecule has 0 bridgehead atoms. The third-order valence-corrected chi connectivity index (χ3v) is 15.2. The molecule has 0 spiro atoms. The number of hydrogen-bond acceptors (Lipinski definition) is 14.